The van der Waals surface area contributed by atoms with Crippen molar-refractivity contribution in [2.75, 3.05) is 13.1 Å². The Kier molecular flexibility index (Phi) is 5.14. The van der Waals surface area contributed by atoms with E-state index in [0.29, 0.717) is 38.0 Å². The highest BCUT2D eigenvalue weighted by Gasteiger charge is 2.33. The summed E-state index contributed by atoms with van der Waals surface area (Å²) in [5, 5.41) is 5.78. The molecule has 2 aromatic rings. The third-order valence-electron chi connectivity index (χ3n) is 5.50. The molecule has 0 saturated carbocycles. The molecule has 146 valence electrons. The van der Waals surface area contributed by atoms with E-state index in [1.807, 2.05) is 24.3 Å². The SMILES string of the molecule is O=C1N[C@@H](CC(=O)N2CCC(C(=O)NCc3ccco3)CC2)c2ccccc21. The molecule has 0 spiro atoms. The first-order chi connectivity index (χ1) is 13.6. The van der Waals surface area contributed by atoms with Crippen molar-refractivity contribution in [3.8, 4) is 0 Å². The number of piperidine rings is 1. The quantitative estimate of drug-likeness (QED) is 0.829. The van der Waals surface area contributed by atoms with E-state index in [1.165, 1.54) is 0 Å². The average Bonchev–Trinajstić information content (AvgIpc) is 3.35. The fourth-order valence-electron chi connectivity index (χ4n) is 3.91. The molecule has 0 bridgehead atoms. The normalized spacial score (nSPS) is 19.2. The molecule has 3 amide bonds. The van der Waals surface area contributed by atoms with Gasteiger partial charge in [0.25, 0.3) is 5.91 Å². The number of amides is 3. The number of nitrogens with one attached hydrogen (secondary N) is 2. The van der Waals surface area contributed by atoms with Gasteiger partial charge in [-0.2, -0.15) is 0 Å². The zero-order valence-electron chi connectivity index (χ0n) is 15.5. The first-order valence-corrected chi connectivity index (χ1v) is 9.59. The number of nitrogens with zero attached hydrogens (tertiary/aromatic N) is 1. The molecule has 2 aliphatic heterocycles. The molecule has 1 saturated heterocycles. The Hall–Kier alpha value is -3.09. The molecule has 4 rings (SSSR count). The molecule has 7 heteroatoms. The predicted molar refractivity (Wildman–Crippen MR) is 101 cm³/mol. The lowest BCUT2D eigenvalue weighted by Crippen LogP contribution is -2.43. The highest BCUT2D eigenvalue weighted by Crippen LogP contribution is 2.29. The van der Waals surface area contributed by atoms with Crippen LogP contribution in [0, 0.1) is 5.92 Å². The summed E-state index contributed by atoms with van der Waals surface area (Å²) < 4.78 is 5.22. The number of fused-ring (bicyclic) bond motifs is 1. The second kappa shape index (κ2) is 7.88. The lowest BCUT2D eigenvalue weighted by molar-refractivity contribution is -0.136. The molecule has 1 fully saturated rings. The van der Waals surface area contributed by atoms with E-state index in [-0.39, 0.29) is 36.1 Å². The molecule has 0 radical (unpaired) electrons. The van der Waals surface area contributed by atoms with Gasteiger partial charge in [-0.25, -0.2) is 0 Å². The van der Waals surface area contributed by atoms with Crippen LogP contribution in [0.5, 0.6) is 0 Å². The van der Waals surface area contributed by atoms with Crippen molar-refractivity contribution >= 4 is 17.7 Å². The van der Waals surface area contributed by atoms with E-state index in [4.69, 9.17) is 4.42 Å². The highest BCUT2D eigenvalue weighted by atomic mass is 16.3. The van der Waals surface area contributed by atoms with Gasteiger partial charge in [0.15, 0.2) is 0 Å². The maximum Gasteiger partial charge on any atom is 0.252 e. The molecule has 7 nitrogen and oxygen atoms in total. The maximum atomic E-state index is 12.7. The monoisotopic (exact) mass is 381 g/mol. The standard InChI is InChI=1S/C21H23N3O4/c25-19(12-18-16-5-1-2-6-17(16)21(27)23-18)24-9-7-14(8-10-24)20(26)22-13-15-4-3-11-28-15/h1-6,11,14,18H,7-10,12-13H2,(H,22,26)(H,23,27)/t18-/m0/s1. The minimum Gasteiger partial charge on any atom is -0.467 e. The lowest BCUT2D eigenvalue weighted by atomic mass is 9.95. The summed E-state index contributed by atoms with van der Waals surface area (Å²) in [5.74, 6) is 0.517. The molecule has 2 aliphatic rings. The highest BCUT2D eigenvalue weighted by molar-refractivity contribution is 5.99. The molecule has 2 N–H and O–H groups in total. The Morgan fingerprint density at radius 2 is 1.93 bits per heavy atom. The van der Waals surface area contributed by atoms with Gasteiger partial charge in [-0.3, -0.25) is 14.4 Å². The Bertz CT molecular complexity index is 870. The zero-order valence-corrected chi connectivity index (χ0v) is 15.5. The topological polar surface area (TPSA) is 91.7 Å². The van der Waals surface area contributed by atoms with Crippen LogP contribution in [0.1, 0.15) is 47.0 Å². The van der Waals surface area contributed by atoms with Gasteiger partial charge >= 0.3 is 0 Å². The zero-order chi connectivity index (χ0) is 19.5. The van der Waals surface area contributed by atoms with E-state index < -0.39 is 0 Å². The van der Waals surface area contributed by atoms with Crippen LogP contribution >= 0.6 is 0 Å². The minimum absolute atomic E-state index is 0.000447. The number of hydrogen-bond donors (Lipinski definition) is 2. The largest absolute Gasteiger partial charge is 0.467 e. The van der Waals surface area contributed by atoms with Crippen LogP contribution in [-0.2, 0) is 16.1 Å². The third kappa shape index (κ3) is 3.78. The van der Waals surface area contributed by atoms with Crippen LogP contribution < -0.4 is 10.6 Å². The molecule has 1 aromatic carbocycles. The van der Waals surface area contributed by atoms with Crippen molar-refractivity contribution in [2.24, 2.45) is 5.92 Å². The number of furan rings is 1. The Labute approximate surface area is 163 Å². The van der Waals surface area contributed by atoms with Crippen molar-refractivity contribution in [1.82, 2.24) is 15.5 Å². The molecule has 1 atom stereocenters. The number of likely N-dealkylation sites (tertiary alicyclic amines) is 1. The third-order valence-corrected chi connectivity index (χ3v) is 5.50. The molecule has 1 aromatic heterocycles. The van der Waals surface area contributed by atoms with Crippen molar-refractivity contribution in [3.05, 3.63) is 59.5 Å². The van der Waals surface area contributed by atoms with E-state index in [2.05, 4.69) is 10.6 Å². The molecule has 3 heterocycles. The van der Waals surface area contributed by atoms with Gasteiger partial charge < -0.3 is 20.0 Å². The van der Waals surface area contributed by atoms with Crippen LogP contribution in [0.25, 0.3) is 0 Å². The molecular weight excluding hydrogens is 358 g/mol. The summed E-state index contributed by atoms with van der Waals surface area (Å²) in [5.41, 5.74) is 1.53. The van der Waals surface area contributed by atoms with Crippen LogP contribution in [0.3, 0.4) is 0 Å². The van der Waals surface area contributed by atoms with Gasteiger partial charge in [0.05, 0.1) is 25.3 Å². The summed E-state index contributed by atoms with van der Waals surface area (Å²) in [6.07, 6.45) is 3.11. The van der Waals surface area contributed by atoms with Gasteiger partial charge in [-0.15, -0.1) is 0 Å². The summed E-state index contributed by atoms with van der Waals surface area (Å²) >= 11 is 0. The van der Waals surface area contributed by atoms with Crippen LogP contribution in [-0.4, -0.2) is 35.7 Å². The smallest absolute Gasteiger partial charge is 0.252 e. The second-order valence-electron chi connectivity index (χ2n) is 7.27. The van der Waals surface area contributed by atoms with Gasteiger partial charge in [0.1, 0.15) is 5.76 Å². The van der Waals surface area contributed by atoms with Crippen molar-refractivity contribution in [3.63, 3.8) is 0 Å². The maximum absolute atomic E-state index is 12.7. The van der Waals surface area contributed by atoms with E-state index in [1.54, 1.807) is 23.3 Å². The first-order valence-electron chi connectivity index (χ1n) is 9.59. The molecular formula is C21H23N3O4. The van der Waals surface area contributed by atoms with Gasteiger partial charge in [-0.05, 0) is 36.6 Å². The first kappa shape index (κ1) is 18.3. The molecule has 0 aliphatic carbocycles. The predicted octanol–water partition coefficient (Wildman–Crippen LogP) is 2.01. The Morgan fingerprint density at radius 3 is 2.68 bits per heavy atom. The van der Waals surface area contributed by atoms with Crippen molar-refractivity contribution < 1.29 is 18.8 Å². The fraction of sp³-hybridized carbons (Fsp3) is 0.381. The lowest BCUT2D eigenvalue weighted by Gasteiger charge is -2.32. The Balaban J connectivity index is 1.26. The average molecular weight is 381 g/mol. The summed E-state index contributed by atoms with van der Waals surface area (Å²) in [7, 11) is 0. The fourth-order valence-corrected chi connectivity index (χ4v) is 3.91. The van der Waals surface area contributed by atoms with E-state index in [9.17, 15) is 14.4 Å². The number of benzene rings is 1. The van der Waals surface area contributed by atoms with Crippen LogP contribution in [0.2, 0.25) is 0 Å². The van der Waals surface area contributed by atoms with Gasteiger partial charge in [0.2, 0.25) is 11.8 Å². The van der Waals surface area contributed by atoms with E-state index >= 15 is 0 Å². The molecule has 0 unspecified atom stereocenters. The number of hydrogen-bond acceptors (Lipinski definition) is 4. The van der Waals surface area contributed by atoms with E-state index in [0.717, 1.165) is 11.3 Å². The second-order valence-corrected chi connectivity index (χ2v) is 7.27. The summed E-state index contributed by atoms with van der Waals surface area (Å²) in [4.78, 5) is 38.8. The van der Waals surface area contributed by atoms with Crippen LogP contribution in [0.4, 0.5) is 0 Å². The van der Waals surface area contributed by atoms with Crippen molar-refractivity contribution in [1.29, 1.82) is 0 Å². The van der Waals surface area contributed by atoms with Crippen LogP contribution in [0.15, 0.2) is 47.1 Å². The van der Waals surface area contributed by atoms with Crippen molar-refractivity contribution in [2.45, 2.75) is 31.8 Å². The Morgan fingerprint density at radius 1 is 1.14 bits per heavy atom. The summed E-state index contributed by atoms with van der Waals surface area (Å²) in [6.45, 7) is 1.49. The summed E-state index contributed by atoms with van der Waals surface area (Å²) in [6, 6.07) is 10.7. The minimum atomic E-state index is -0.273. The number of carbonyl (C=O) groups is 3. The van der Waals surface area contributed by atoms with Gasteiger partial charge in [-0.1, -0.05) is 18.2 Å². The van der Waals surface area contributed by atoms with Gasteiger partial charge in [0, 0.05) is 24.6 Å². The number of carbonyl (C=O) groups excluding carboxylic acids is 3. The number of rotatable bonds is 5. The molecule has 28 heavy (non-hydrogen) atoms.